The van der Waals surface area contributed by atoms with Gasteiger partial charge in [0.05, 0.1) is 5.69 Å². The number of nitrogens with one attached hydrogen (secondary N) is 1. The van der Waals surface area contributed by atoms with Crippen LogP contribution in [-0.4, -0.2) is 39.9 Å². The fraction of sp³-hybridized carbons (Fsp3) is 0.261. The van der Waals surface area contributed by atoms with Crippen molar-refractivity contribution in [1.29, 1.82) is 0 Å². The molecule has 0 atom stereocenters. The summed E-state index contributed by atoms with van der Waals surface area (Å²) in [5.74, 6) is -0.583. The highest BCUT2D eigenvalue weighted by Gasteiger charge is 2.25. The van der Waals surface area contributed by atoms with Gasteiger partial charge in [0.2, 0.25) is 0 Å². The van der Waals surface area contributed by atoms with E-state index in [0.29, 0.717) is 11.4 Å². The third kappa shape index (κ3) is 4.64. The zero-order valence-electron chi connectivity index (χ0n) is 17.4. The molecule has 0 spiro atoms. The molecule has 2 amide bonds. The molecule has 0 saturated carbocycles. The molecule has 0 fully saturated rings. The van der Waals surface area contributed by atoms with E-state index in [-0.39, 0.29) is 17.0 Å². The number of carbonyl (C=O) groups is 2. The van der Waals surface area contributed by atoms with Gasteiger partial charge < -0.3 is 10.2 Å². The van der Waals surface area contributed by atoms with Gasteiger partial charge in [-0.1, -0.05) is 0 Å². The number of benzene rings is 2. The second kappa shape index (κ2) is 8.93. The van der Waals surface area contributed by atoms with E-state index in [0.717, 1.165) is 59.3 Å². The molecule has 0 unspecified atom stereocenters. The van der Waals surface area contributed by atoms with Crippen molar-refractivity contribution in [2.75, 3.05) is 19.4 Å². The van der Waals surface area contributed by atoms with Gasteiger partial charge >= 0.3 is 0 Å². The Balaban J connectivity index is 1.56. The second-order valence-corrected chi connectivity index (χ2v) is 8.63. The van der Waals surface area contributed by atoms with Gasteiger partial charge in [-0.3, -0.25) is 9.59 Å². The lowest BCUT2D eigenvalue weighted by molar-refractivity contribution is 0.102. The van der Waals surface area contributed by atoms with Gasteiger partial charge in [-0.05, 0) is 86.0 Å². The van der Waals surface area contributed by atoms with Crippen molar-refractivity contribution in [3.8, 4) is 5.69 Å². The number of fused-ring (bicyclic) bond motifs is 1. The van der Waals surface area contributed by atoms with E-state index in [1.165, 1.54) is 17.0 Å². The van der Waals surface area contributed by atoms with Gasteiger partial charge in [-0.25, -0.2) is 9.07 Å². The SMILES string of the molecule is CN(C)C(=O)Sc1ccc(NC(=O)c2nn(-c3ccc(F)cc3)c3c2CCCC3)cc1. The van der Waals surface area contributed by atoms with Gasteiger partial charge in [-0.15, -0.1) is 0 Å². The molecule has 1 aliphatic carbocycles. The molecule has 0 aliphatic heterocycles. The molecule has 8 heteroatoms. The number of nitrogens with zero attached hydrogens (tertiary/aromatic N) is 3. The monoisotopic (exact) mass is 438 g/mol. The maximum absolute atomic E-state index is 13.3. The quantitative estimate of drug-likeness (QED) is 0.588. The molecule has 0 saturated heterocycles. The summed E-state index contributed by atoms with van der Waals surface area (Å²) in [4.78, 5) is 27.2. The lowest BCUT2D eigenvalue weighted by atomic mass is 9.95. The van der Waals surface area contributed by atoms with E-state index in [2.05, 4.69) is 10.4 Å². The first-order valence-electron chi connectivity index (χ1n) is 10.1. The summed E-state index contributed by atoms with van der Waals surface area (Å²) in [6.45, 7) is 0. The Hall–Kier alpha value is -3.13. The Morgan fingerprint density at radius 2 is 1.71 bits per heavy atom. The summed E-state index contributed by atoms with van der Waals surface area (Å²) >= 11 is 1.13. The molecule has 160 valence electrons. The summed E-state index contributed by atoms with van der Waals surface area (Å²) in [6.07, 6.45) is 3.67. The predicted molar refractivity (Wildman–Crippen MR) is 119 cm³/mol. The summed E-state index contributed by atoms with van der Waals surface area (Å²) in [5.41, 5.74) is 3.74. The van der Waals surface area contributed by atoms with Crippen LogP contribution < -0.4 is 5.32 Å². The van der Waals surface area contributed by atoms with Crippen LogP contribution in [0.25, 0.3) is 5.69 Å². The van der Waals surface area contributed by atoms with E-state index < -0.39 is 0 Å². The number of carbonyl (C=O) groups excluding carboxylic acids is 2. The first kappa shape index (κ1) is 21.1. The molecule has 3 aromatic rings. The van der Waals surface area contributed by atoms with E-state index in [1.54, 1.807) is 55.2 Å². The van der Waals surface area contributed by atoms with E-state index in [4.69, 9.17) is 0 Å². The van der Waals surface area contributed by atoms with E-state index >= 15 is 0 Å². The first-order valence-corrected chi connectivity index (χ1v) is 10.9. The van der Waals surface area contributed by atoms with Gasteiger partial charge in [0.25, 0.3) is 11.1 Å². The van der Waals surface area contributed by atoms with Crippen molar-refractivity contribution >= 4 is 28.6 Å². The van der Waals surface area contributed by atoms with Crippen molar-refractivity contribution < 1.29 is 14.0 Å². The highest BCUT2D eigenvalue weighted by Crippen LogP contribution is 2.28. The van der Waals surface area contributed by atoms with Gasteiger partial charge in [0, 0.05) is 35.9 Å². The van der Waals surface area contributed by atoms with E-state index in [9.17, 15) is 14.0 Å². The Labute approximate surface area is 184 Å². The smallest absolute Gasteiger partial charge is 0.285 e. The minimum Gasteiger partial charge on any atom is -0.339 e. The van der Waals surface area contributed by atoms with Gasteiger partial charge in [0.1, 0.15) is 5.82 Å². The van der Waals surface area contributed by atoms with Crippen LogP contribution in [0, 0.1) is 5.82 Å². The molecule has 2 aromatic carbocycles. The fourth-order valence-corrected chi connectivity index (χ4v) is 4.22. The number of thioether (sulfide) groups is 1. The highest BCUT2D eigenvalue weighted by atomic mass is 32.2. The highest BCUT2D eigenvalue weighted by molar-refractivity contribution is 8.13. The van der Waals surface area contributed by atoms with Crippen LogP contribution in [0.1, 0.15) is 34.6 Å². The number of hydrogen-bond donors (Lipinski definition) is 1. The molecule has 1 aliphatic rings. The standard InChI is InChI=1S/C23H23FN4O2S/c1-27(2)23(30)31-18-13-9-16(10-14-18)25-22(29)21-19-5-3-4-6-20(19)28(26-21)17-11-7-15(24)8-12-17/h7-14H,3-6H2,1-2H3,(H,25,29). The van der Waals surface area contributed by atoms with Crippen LogP contribution in [-0.2, 0) is 12.8 Å². The van der Waals surface area contributed by atoms with Crippen molar-refractivity contribution in [2.24, 2.45) is 0 Å². The predicted octanol–water partition coefficient (Wildman–Crippen LogP) is 4.92. The number of amides is 2. The molecule has 1 heterocycles. The number of rotatable bonds is 4. The Morgan fingerprint density at radius 3 is 2.39 bits per heavy atom. The summed E-state index contributed by atoms with van der Waals surface area (Å²) < 4.78 is 15.1. The molecule has 4 rings (SSSR count). The number of halogens is 1. The van der Waals surface area contributed by atoms with Crippen LogP contribution in [0.2, 0.25) is 0 Å². The number of hydrogen-bond acceptors (Lipinski definition) is 4. The van der Waals surface area contributed by atoms with Gasteiger partial charge in [0.15, 0.2) is 5.69 Å². The third-order valence-corrected chi connectivity index (χ3v) is 6.20. The van der Waals surface area contributed by atoms with Crippen molar-refractivity contribution in [1.82, 2.24) is 14.7 Å². The van der Waals surface area contributed by atoms with Crippen molar-refractivity contribution in [2.45, 2.75) is 30.6 Å². The Bertz CT molecular complexity index is 1110. The molecule has 6 nitrogen and oxygen atoms in total. The topological polar surface area (TPSA) is 67.2 Å². The normalized spacial score (nSPS) is 12.9. The zero-order valence-corrected chi connectivity index (χ0v) is 18.2. The Morgan fingerprint density at radius 1 is 1.03 bits per heavy atom. The molecule has 0 radical (unpaired) electrons. The minimum atomic E-state index is -0.309. The average Bonchev–Trinajstić information content (AvgIpc) is 3.15. The van der Waals surface area contributed by atoms with E-state index in [1.807, 2.05) is 0 Å². The molecule has 1 aromatic heterocycles. The summed E-state index contributed by atoms with van der Waals surface area (Å²) in [6, 6.07) is 13.3. The van der Waals surface area contributed by atoms with Crippen LogP contribution in [0.15, 0.2) is 53.4 Å². The van der Waals surface area contributed by atoms with Crippen molar-refractivity contribution in [3.63, 3.8) is 0 Å². The minimum absolute atomic E-state index is 0.0604. The molecule has 0 bridgehead atoms. The fourth-order valence-electron chi connectivity index (χ4n) is 3.57. The lowest BCUT2D eigenvalue weighted by Gasteiger charge is -2.14. The third-order valence-electron chi connectivity index (χ3n) is 5.15. The first-order chi connectivity index (χ1) is 14.9. The number of aromatic nitrogens is 2. The van der Waals surface area contributed by atoms with Crippen molar-refractivity contribution in [3.05, 3.63) is 71.3 Å². The average molecular weight is 439 g/mol. The second-order valence-electron chi connectivity index (χ2n) is 7.61. The molecule has 1 N–H and O–H groups in total. The van der Waals surface area contributed by atoms with Crippen LogP contribution >= 0.6 is 11.8 Å². The lowest BCUT2D eigenvalue weighted by Crippen LogP contribution is -2.16. The molecular weight excluding hydrogens is 415 g/mol. The maximum atomic E-state index is 13.3. The summed E-state index contributed by atoms with van der Waals surface area (Å²) in [5, 5.41) is 7.44. The largest absolute Gasteiger partial charge is 0.339 e. The van der Waals surface area contributed by atoms with Gasteiger partial charge in [-0.2, -0.15) is 5.10 Å². The number of anilines is 1. The van der Waals surface area contributed by atoms with Crippen LogP contribution in [0.3, 0.4) is 0 Å². The van der Waals surface area contributed by atoms with Crippen LogP contribution in [0.5, 0.6) is 0 Å². The summed E-state index contributed by atoms with van der Waals surface area (Å²) in [7, 11) is 3.41. The van der Waals surface area contributed by atoms with Crippen LogP contribution in [0.4, 0.5) is 14.9 Å². The Kier molecular flexibility index (Phi) is 6.08. The maximum Gasteiger partial charge on any atom is 0.285 e. The molecule has 31 heavy (non-hydrogen) atoms. The molecular formula is C23H23FN4O2S. The zero-order chi connectivity index (χ0) is 22.0.